The van der Waals surface area contributed by atoms with E-state index >= 15 is 0 Å². The number of esters is 2. The Bertz CT molecular complexity index is 586. The molecule has 1 amide bonds. The largest absolute Gasteiger partial charge is 0.469 e. The van der Waals surface area contributed by atoms with Gasteiger partial charge in [-0.25, -0.2) is 4.39 Å². The zero-order chi connectivity index (χ0) is 16.3. The molecule has 0 aromatic heterocycles. The van der Waals surface area contributed by atoms with Crippen LogP contribution < -0.4 is 5.32 Å². The fourth-order valence-corrected chi connectivity index (χ4v) is 2.66. The van der Waals surface area contributed by atoms with Crippen molar-refractivity contribution in [2.24, 2.45) is 11.8 Å². The Kier molecular flexibility index (Phi) is 4.75. The van der Waals surface area contributed by atoms with Crippen LogP contribution in [0.5, 0.6) is 0 Å². The standard InChI is InChI=1S/C15H16FNO5/c1-21-14(19)10-7-11(18)17-13(12(10)15(20)22-2)8-3-5-9(16)6-4-8/h3-6,10,12-13H,7H2,1-2H3,(H,17,18)/t10-,12+,13?/m0/s1. The molecule has 1 saturated heterocycles. The number of carbonyl (C=O) groups excluding carboxylic acids is 3. The molecular formula is C15H16FNO5. The number of rotatable bonds is 3. The summed E-state index contributed by atoms with van der Waals surface area (Å²) in [6.45, 7) is 0. The van der Waals surface area contributed by atoms with Crippen LogP contribution >= 0.6 is 0 Å². The molecule has 3 atom stereocenters. The van der Waals surface area contributed by atoms with Crippen molar-refractivity contribution in [3.05, 3.63) is 35.6 Å². The van der Waals surface area contributed by atoms with Crippen molar-refractivity contribution in [1.29, 1.82) is 0 Å². The molecule has 1 aliphatic rings. The summed E-state index contributed by atoms with van der Waals surface area (Å²) in [6.07, 6.45) is -0.163. The van der Waals surface area contributed by atoms with Gasteiger partial charge in [0.2, 0.25) is 5.91 Å². The van der Waals surface area contributed by atoms with Gasteiger partial charge in [-0.1, -0.05) is 12.1 Å². The van der Waals surface area contributed by atoms with E-state index in [9.17, 15) is 18.8 Å². The van der Waals surface area contributed by atoms with Gasteiger partial charge >= 0.3 is 11.9 Å². The third kappa shape index (κ3) is 3.08. The van der Waals surface area contributed by atoms with Gasteiger partial charge in [0, 0.05) is 6.42 Å². The van der Waals surface area contributed by atoms with Crippen LogP contribution in [0, 0.1) is 17.7 Å². The minimum absolute atomic E-state index is 0.163. The molecule has 0 saturated carbocycles. The third-order valence-corrected chi connectivity index (χ3v) is 3.72. The van der Waals surface area contributed by atoms with Gasteiger partial charge in [-0.15, -0.1) is 0 Å². The molecule has 118 valence electrons. The monoisotopic (exact) mass is 309 g/mol. The molecule has 1 aliphatic heterocycles. The molecule has 1 aromatic rings. The third-order valence-electron chi connectivity index (χ3n) is 3.72. The molecule has 0 spiro atoms. The van der Waals surface area contributed by atoms with Crippen LogP contribution in [-0.4, -0.2) is 32.1 Å². The Morgan fingerprint density at radius 2 is 1.73 bits per heavy atom. The number of methoxy groups -OCH3 is 2. The zero-order valence-electron chi connectivity index (χ0n) is 12.2. The van der Waals surface area contributed by atoms with Gasteiger partial charge < -0.3 is 14.8 Å². The first-order valence-electron chi connectivity index (χ1n) is 6.68. The molecule has 0 bridgehead atoms. The lowest BCUT2D eigenvalue weighted by molar-refractivity contribution is -0.163. The molecule has 2 rings (SSSR count). The molecule has 0 aliphatic carbocycles. The summed E-state index contributed by atoms with van der Waals surface area (Å²) in [5, 5.41) is 2.66. The minimum atomic E-state index is -0.943. The van der Waals surface area contributed by atoms with Gasteiger partial charge in [-0.3, -0.25) is 14.4 Å². The Labute approximate surface area is 126 Å². The number of amides is 1. The van der Waals surface area contributed by atoms with Crippen LogP contribution in [0.1, 0.15) is 18.0 Å². The zero-order valence-corrected chi connectivity index (χ0v) is 12.2. The molecule has 1 heterocycles. The maximum Gasteiger partial charge on any atom is 0.312 e. The van der Waals surface area contributed by atoms with Crippen LogP contribution in [0.3, 0.4) is 0 Å². The van der Waals surface area contributed by atoms with Crippen molar-refractivity contribution >= 4 is 17.8 Å². The van der Waals surface area contributed by atoms with Crippen LogP contribution in [0.25, 0.3) is 0 Å². The van der Waals surface area contributed by atoms with Gasteiger partial charge in [0.25, 0.3) is 0 Å². The van der Waals surface area contributed by atoms with Crippen molar-refractivity contribution in [3.63, 3.8) is 0 Å². The topological polar surface area (TPSA) is 81.7 Å². The fourth-order valence-electron chi connectivity index (χ4n) is 2.66. The highest BCUT2D eigenvalue weighted by Gasteiger charge is 2.46. The first-order chi connectivity index (χ1) is 10.5. The normalized spacial score (nSPS) is 24.3. The van der Waals surface area contributed by atoms with Crippen LogP contribution in [-0.2, 0) is 23.9 Å². The smallest absolute Gasteiger partial charge is 0.312 e. The van der Waals surface area contributed by atoms with E-state index in [0.29, 0.717) is 5.56 Å². The summed E-state index contributed by atoms with van der Waals surface area (Å²) in [5.74, 6) is -3.99. The predicted molar refractivity (Wildman–Crippen MR) is 72.9 cm³/mol. The second kappa shape index (κ2) is 6.55. The van der Waals surface area contributed by atoms with Crippen molar-refractivity contribution in [2.75, 3.05) is 14.2 Å². The molecule has 1 aromatic carbocycles. The van der Waals surface area contributed by atoms with Gasteiger partial charge in [-0.2, -0.15) is 0 Å². The van der Waals surface area contributed by atoms with Gasteiger partial charge in [-0.05, 0) is 17.7 Å². The predicted octanol–water partition coefficient (Wildman–Crippen LogP) is 0.965. The molecule has 6 nitrogen and oxygen atoms in total. The lowest BCUT2D eigenvalue weighted by Gasteiger charge is -2.35. The minimum Gasteiger partial charge on any atom is -0.469 e. The number of piperidine rings is 1. The van der Waals surface area contributed by atoms with Crippen LogP contribution in [0.2, 0.25) is 0 Å². The van der Waals surface area contributed by atoms with Crippen LogP contribution in [0.15, 0.2) is 24.3 Å². The first kappa shape index (κ1) is 15.9. The van der Waals surface area contributed by atoms with Gasteiger partial charge in [0.05, 0.1) is 32.1 Å². The second-order valence-electron chi connectivity index (χ2n) is 4.98. The van der Waals surface area contributed by atoms with E-state index in [0.717, 1.165) is 0 Å². The maximum atomic E-state index is 13.1. The van der Waals surface area contributed by atoms with E-state index in [4.69, 9.17) is 4.74 Å². The number of nitrogens with one attached hydrogen (secondary N) is 1. The van der Waals surface area contributed by atoms with E-state index in [-0.39, 0.29) is 12.3 Å². The quantitative estimate of drug-likeness (QED) is 0.841. The fraction of sp³-hybridized carbons (Fsp3) is 0.400. The summed E-state index contributed by atoms with van der Waals surface area (Å²) in [6, 6.07) is 4.57. The summed E-state index contributed by atoms with van der Waals surface area (Å²) in [5.41, 5.74) is 0.513. The molecule has 1 fully saturated rings. The van der Waals surface area contributed by atoms with Crippen molar-refractivity contribution in [2.45, 2.75) is 12.5 Å². The van der Waals surface area contributed by atoms with Crippen molar-refractivity contribution in [3.8, 4) is 0 Å². The Balaban J connectivity index is 2.43. The molecule has 0 radical (unpaired) electrons. The second-order valence-corrected chi connectivity index (χ2v) is 4.98. The van der Waals surface area contributed by atoms with E-state index in [2.05, 4.69) is 10.1 Å². The number of halogens is 1. The van der Waals surface area contributed by atoms with Crippen molar-refractivity contribution in [1.82, 2.24) is 5.32 Å². The number of benzene rings is 1. The van der Waals surface area contributed by atoms with E-state index in [1.54, 1.807) is 0 Å². The first-order valence-corrected chi connectivity index (χ1v) is 6.68. The lowest BCUT2D eigenvalue weighted by Crippen LogP contribution is -2.49. The average Bonchev–Trinajstić information content (AvgIpc) is 2.53. The molecule has 22 heavy (non-hydrogen) atoms. The highest BCUT2D eigenvalue weighted by molar-refractivity contribution is 5.90. The molecule has 1 unspecified atom stereocenters. The summed E-state index contributed by atoms with van der Waals surface area (Å²) >= 11 is 0. The average molecular weight is 309 g/mol. The summed E-state index contributed by atoms with van der Waals surface area (Å²) in [4.78, 5) is 35.9. The number of ether oxygens (including phenoxy) is 2. The van der Waals surface area contributed by atoms with E-state index < -0.39 is 35.6 Å². The van der Waals surface area contributed by atoms with Gasteiger partial charge in [0.15, 0.2) is 0 Å². The van der Waals surface area contributed by atoms with Crippen molar-refractivity contribution < 1.29 is 28.2 Å². The Hall–Kier alpha value is -2.44. The van der Waals surface area contributed by atoms with E-state index in [1.807, 2.05) is 0 Å². The number of hydrogen-bond donors (Lipinski definition) is 1. The van der Waals surface area contributed by atoms with Crippen LogP contribution in [0.4, 0.5) is 4.39 Å². The number of carbonyl (C=O) groups is 3. The Morgan fingerprint density at radius 3 is 2.27 bits per heavy atom. The number of hydrogen-bond acceptors (Lipinski definition) is 5. The summed E-state index contributed by atoms with van der Waals surface area (Å²) < 4.78 is 22.5. The summed E-state index contributed by atoms with van der Waals surface area (Å²) in [7, 11) is 2.39. The van der Waals surface area contributed by atoms with E-state index in [1.165, 1.54) is 38.5 Å². The SMILES string of the molecule is COC(=O)[C@H]1CC(=O)NC(c2ccc(F)cc2)[C@@H]1C(=O)OC. The highest BCUT2D eigenvalue weighted by Crippen LogP contribution is 2.35. The molecular weight excluding hydrogens is 293 g/mol. The maximum absolute atomic E-state index is 13.1. The molecule has 1 N–H and O–H groups in total. The van der Waals surface area contributed by atoms with Gasteiger partial charge in [0.1, 0.15) is 5.82 Å². The molecule has 7 heteroatoms. The Morgan fingerprint density at radius 1 is 1.14 bits per heavy atom. The lowest BCUT2D eigenvalue weighted by atomic mass is 9.77. The highest BCUT2D eigenvalue weighted by atomic mass is 19.1.